The van der Waals surface area contributed by atoms with E-state index in [1.165, 1.54) is 57.3 Å². The van der Waals surface area contributed by atoms with E-state index in [2.05, 4.69) is 102 Å². The lowest BCUT2D eigenvalue weighted by atomic mass is 9.60. The predicted molar refractivity (Wildman–Crippen MR) is 149 cm³/mol. The number of fused-ring (bicyclic) bond motifs is 3. The summed E-state index contributed by atoms with van der Waals surface area (Å²) in [5, 5.41) is 1.35. The molecule has 1 aliphatic heterocycles. The van der Waals surface area contributed by atoms with E-state index < -0.39 is 0 Å². The number of aromatic nitrogens is 3. The van der Waals surface area contributed by atoms with E-state index in [1.54, 1.807) is 0 Å². The van der Waals surface area contributed by atoms with Gasteiger partial charge in [0.2, 0.25) is 0 Å². The molecule has 3 heteroatoms. The topological polar surface area (TPSA) is 21.2 Å². The van der Waals surface area contributed by atoms with Gasteiger partial charge in [-0.05, 0) is 73.9 Å². The lowest BCUT2D eigenvalue weighted by Crippen LogP contribution is -2.67. The molecule has 3 aromatic heterocycles. The van der Waals surface area contributed by atoms with Crippen LogP contribution in [0.25, 0.3) is 27.6 Å². The molecule has 186 valence electrons. The van der Waals surface area contributed by atoms with E-state index in [-0.39, 0.29) is 16.4 Å². The van der Waals surface area contributed by atoms with E-state index in [4.69, 9.17) is 4.98 Å². The van der Waals surface area contributed by atoms with Gasteiger partial charge in [0, 0.05) is 22.6 Å². The second kappa shape index (κ2) is 8.05. The standard InChI is InChI=1S/C32H44N3/c1-10-14-15-22-19-25-26(18-21(22)5)35-29-28-23(31(9,11-2)32(35,12-3)13-4)20-27(30(6,7)8)33-24(28)16-17-34(25)29/h16-20H,10-15H2,1-9H3/q+1. The Labute approximate surface area is 211 Å². The van der Waals surface area contributed by atoms with Crippen molar-refractivity contribution in [3.8, 4) is 0 Å². The minimum absolute atomic E-state index is 0.00389. The number of imidazole rings is 1. The fourth-order valence-electron chi connectivity index (χ4n) is 7.13. The zero-order valence-electron chi connectivity index (χ0n) is 23.5. The van der Waals surface area contributed by atoms with Gasteiger partial charge in [-0.3, -0.25) is 4.98 Å². The summed E-state index contributed by atoms with van der Waals surface area (Å²) in [6.07, 6.45) is 9.21. The quantitative estimate of drug-likeness (QED) is 0.261. The van der Waals surface area contributed by atoms with Crippen molar-refractivity contribution in [2.75, 3.05) is 0 Å². The van der Waals surface area contributed by atoms with Gasteiger partial charge in [0.25, 0.3) is 5.65 Å². The fourth-order valence-corrected chi connectivity index (χ4v) is 7.13. The summed E-state index contributed by atoms with van der Waals surface area (Å²) >= 11 is 0. The smallest absolute Gasteiger partial charge is 0.252 e. The highest BCUT2D eigenvalue weighted by molar-refractivity contribution is 5.98. The first-order valence-electron chi connectivity index (χ1n) is 13.9. The first-order chi connectivity index (χ1) is 16.6. The molecule has 35 heavy (non-hydrogen) atoms. The van der Waals surface area contributed by atoms with Gasteiger partial charge < -0.3 is 0 Å². The molecule has 0 fully saturated rings. The molecule has 1 atom stereocenters. The number of hydrogen-bond acceptors (Lipinski definition) is 1. The number of hydrogen-bond donors (Lipinski definition) is 0. The minimum Gasteiger partial charge on any atom is -0.252 e. The summed E-state index contributed by atoms with van der Waals surface area (Å²) in [5.41, 5.74) is 10.8. The molecule has 1 unspecified atom stereocenters. The van der Waals surface area contributed by atoms with Crippen LogP contribution in [-0.2, 0) is 22.8 Å². The van der Waals surface area contributed by atoms with Crippen LogP contribution in [0.15, 0.2) is 30.5 Å². The highest BCUT2D eigenvalue weighted by Gasteiger charge is 2.57. The lowest BCUT2D eigenvalue weighted by Gasteiger charge is -2.48. The monoisotopic (exact) mass is 470 g/mol. The number of unbranched alkanes of at least 4 members (excludes halogenated alkanes) is 1. The van der Waals surface area contributed by atoms with Crippen LogP contribution < -0.4 is 4.57 Å². The molecule has 3 nitrogen and oxygen atoms in total. The van der Waals surface area contributed by atoms with E-state index in [0.717, 1.165) is 31.2 Å². The molecule has 0 bridgehead atoms. The largest absolute Gasteiger partial charge is 0.297 e. The molecule has 1 aromatic carbocycles. The number of nitrogens with zero attached hydrogens (tertiary/aromatic N) is 3. The second-order valence-corrected chi connectivity index (χ2v) is 12.2. The van der Waals surface area contributed by atoms with Gasteiger partial charge >= 0.3 is 0 Å². The van der Waals surface area contributed by atoms with Gasteiger partial charge in [-0.1, -0.05) is 61.8 Å². The summed E-state index contributed by atoms with van der Waals surface area (Å²) < 4.78 is 5.22. The number of benzene rings is 1. The number of rotatable bonds is 6. The van der Waals surface area contributed by atoms with Crippen LogP contribution in [0.5, 0.6) is 0 Å². The number of pyridine rings is 2. The van der Waals surface area contributed by atoms with Gasteiger partial charge in [0.1, 0.15) is 5.54 Å². The van der Waals surface area contributed by atoms with Gasteiger partial charge in [-0.25, -0.2) is 4.57 Å². The molecular weight excluding hydrogens is 426 g/mol. The Balaban J connectivity index is 2.03. The normalized spacial score (nSPS) is 19.5. The van der Waals surface area contributed by atoms with Crippen molar-refractivity contribution in [2.24, 2.45) is 0 Å². The Kier molecular flexibility index (Phi) is 5.58. The van der Waals surface area contributed by atoms with E-state index in [1.807, 2.05) is 0 Å². The second-order valence-electron chi connectivity index (χ2n) is 12.2. The maximum atomic E-state index is 5.25. The van der Waals surface area contributed by atoms with Gasteiger partial charge in [0.05, 0.1) is 17.1 Å². The molecule has 4 heterocycles. The Morgan fingerprint density at radius 2 is 1.71 bits per heavy atom. The molecular formula is C32H44N3+. The van der Waals surface area contributed by atoms with Gasteiger partial charge in [-0.2, -0.15) is 4.40 Å². The highest BCUT2D eigenvalue weighted by Crippen LogP contribution is 2.52. The van der Waals surface area contributed by atoms with Crippen LogP contribution in [0.3, 0.4) is 0 Å². The molecule has 1 aliphatic rings. The Morgan fingerprint density at radius 1 is 1.00 bits per heavy atom. The van der Waals surface area contributed by atoms with Crippen LogP contribution in [0.2, 0.25) is 0 Å². The first-order valence-corrected chi connectivity index (χ1v) is 13.9. The first kappa shape index (κ1) is 24.3. The summed E-state index contributed by atoms with van der Waals surface area (Å²) in [6.45, 7) is 21.2. The molecule has 5 rings (SSSR count). The average Bonchev–Trinajstić information content (AvgIpc) is 3.15. The van der Waals surface area contributed by atoms with Crippen LogP contribution >= 0.6 is 0 Å². The SMILES string of the molecule is CCCCc1cc2c(cc1C)[n+]1c3c4c(cc(C(C)(C)C)nc4ccn23)C(C)(CC)C1(CC)CC. The summed E-state index contributed by atoms with van der Waals surface area (Å²) in [7, 11) is 0. The predicted octanol–water partition coefficient (Wildman–Crippen LogP) is 8.07. The van der Waals surface area contributed by atoms with Crippen molar-refractivity contribution < 1.29 is 4.57 Å². The van der Waals surface area contributed by atoms with Crippen molar-refractivity contribution >= 4 is 27.6 Å². The summed E-state index contributed by atoms with van der Waals surface area (Å²) in [6, 6.07) is 9.69. The molecule has 0 N–H and O–H groups in total. The molecule has 4 aromatic rings. The van der Waals surface area contributed by atoms with Crippen LogP contribution in [0.1, 0.15) is 110 Å². The summed E-state index contributed by atoms with van der Waals surface area (Å²) in [4.78, 5) is 5.25. The third-order valence-corrected chi connectivity index (χ3v) is 9.52. The molecule has 0 saturated heterocycles. The molecule has 0 amide bonds. The highest BCUT2D eigenvalue weighted by atomic mass is 15.2. The third kappa shape index (κ3) is 3.09. The van der Waals surface area contributed by atoms with E-state index in [0.29, 0.717) is 0 Å². The Morgan fingerprint density at radius 3 is 2.31 bits per heavy atom. The molecule has 0 saturated carbocycles. The fraction of sp³-hybridized carbons (Fsp3) is 0.562. The summed E-state index contributed by atoms with van der Waals surface area (Å²) in [5.74, 6) is 0. The van der Waals surface area contributed by atoms with Crippen molar-refractivity contribution in [1.29, 1.82) is 0 Å². The Hall–Kier alpha value is -2.42. The lowest BCUT2D eigenvalue weighted by molar-refractivity contribution is -0.733. The van der Waals surface area contributed by atoms with Crippen molar-refractivity contribution in [2.45, 2.75) is 117 Å². The zero-order chi connectivity index (χ0) is 25.3. The van der Waals surface area contributed by atoms with Crippen molar-refractivity contribution in [3.05, 3.63) is 52.8 Å². The van der Waals surface area contributed by atoms with Gasteiger partial charge in [0.15, 0.2) is 11.0 Å². The maximum absolute atomic E-state index is 5.25. The van der Waals surface area contributed by atoms with Crippen molar-refractivity contribution in [3.63, 3.8) is 0 Å². The van der Waals surface area contributed by atoms with E-state index in [9.17, 15) is 0 Å². The average molecular weight is 471 g/mol. The van der Waals surface area contributed by atoms with Crippen LogP contribution in [0.4, 0.5) is 0 Å². The Bertz CT molecular complexity index is 1450. The number of aryl methyl sites for hydroxylation is 2. The molecule has 0 radical (unpaired) electrons. The van der Waals surface area contributed by atoms with Gasteiger partial charge in [-0.15, -0.1) is 0 Å². The van der Waals surface area contributed by atoms with Crippen LogP contribution in [0, 0.1) is 6.92 Å². The van der Waals surface area contributed by atoms with Crippen molar-refractivity contribution in [1.82, 2.24) is 9.38 Å². The van der Waals surface area contributed by atoms with E-state index >= 15 is 0 Å². The maximum Gasteiger partial charge on any atom is 0.297 e. The molecule has 0 aliphatic carbocycles. The minimum atomic E-state index is 0.00389. The van der Waals surface area contributed by atoms with Crippen LogP contribution in [-0.4, -0.2) is 9.38 Å². The molecule has 0 spiro atoms. The third-order valence-electron chi connectivity index (χ3n) is 9.52. The zero-order valence-corrected chi connectivity index (χ0v) is 23.5.